The molecule has 1 amide bonds. The van der Waals surface area contributed by atoms with Crippen LogP contribution < -0.4 is 0 Å². The highest BCUT2D eigenvalue weighted by Crippen LogP contribution is 2.25. The van der Waals surface area contributed by atoms with Crippen molar-refractivity contribution < 1.29 is 14.7 Å². The van der Waals surface area contributed by atoms with Crippen molar-refractivity contribution in [2.24, 2.45) is 0 Å². The van der Waals surface area contributed by atoms with Gasteiger partial charge in [-0.05, 0) is 18.2 Å². The topological polar surface area (TPSA) is 57.6 Å². The minimum Gasteiger partial charge on any atom is -0.480 e. The van der Waals surface area contributed by atoms with Gasteiger partial charge in [0, 0.05) is 28.7 Å². The molecule has 0 aliphatic heterocycles. The monoisotopic (exact) mass is 287 g/mol. The summed E-state index contributed by atoms with van der Waals surface area (Å²) < 4.78 is 0. The number of likely N-dealkylation sites (N-methyl/N-ethyl adjacent to an activating group) is 1. The van der Waals surface area contributed by atoms with Crippen molar-refractivity contribution in [1.29, 1.82) is 0 Å². The Kier molecular flexibility index (Phi) is 5.19. The Hall–Kier alpha value is -1.52. The Labute approximate surface area is 114 Å². The molecule has 0 atom stereocenters. The molecule has 0 radical (unpaired) electrons. The van der Waals surface area contributed by atoms with Crippen molar-refractivity contribution in [1.82, 2.24) is 4.90 Å². The van der Waals surface area contributed by atoms with E-state index in [2.05, 4.69) is 0 Å². The molecule has 1 aromatic rings. The van der Waals surface area contributed by atoms with Gasteiger partial charge in [-0.2, -0.15) is 0 Å². The highest BCUT2D eigenvalue weighted by Gasteiger charge is 2.09. The molecule has 0 heterocycles. The summed E-state index contributed by atoms with van der Waals surface area (Å²) in [4.78, 5) is 23.1. The molecular formula is C12H11Cl2NO3. The molecule has 0 aromatic heterocycles. The van der Waals surface area contributed by atoms with E-state index in [0.29, 0.717) is 15.6 Å². The van der Waals surface area contributed by atoms with Gasteiger partial charge >= 0.3 is 5.97 Å². The molecule has 0 aliphatic carbocycles. The highest BCUT2D eigenvalue weighted by atomic mass is 35.5. The number of hydrogen-bond donors (Lipinski definition) is 1. The Morgan fingerprint density at radius 3 is 2.39 bits per heavy atom. The average Bonchev–Trinajstić information content (AvgIpc) is 2.27. The molecule has 0 unspecified atom stereocenters. The Morgan fingerprint density at radius 2 is 1.89 bits per heavy atom. The molecule has 18 heavy (non-hydrogen) atoms. The number of carboxylic acid groups (broad SMARTS) is 1. The van der Waals surface area contributed by atoms with Crippen LogP contribution in [0.1, 0.15) is 5.56 Å². The fourth-order valence-corrected chi connectivity index (χ4v) is 1.76. The fraction of sp³-hybridized carbons (Fsp3) is 0.167. The van der Waals surface area contributed by atoms with Gasteiger partial charge in [0.25, 0.3) is 0 Å². The third-order valence-corrected chi connectivity index (χ3v) is 2.80. The zero-order chi connectivity index (χ0) is 13.7. The molecule has 0 fully saturated rings. The molecule has 1 N–H and O–H groups in total. The second-order valence-electron chi connectivity index (χ2n) is 3.56. The van der Waals surface area contributed by atoms with E-state index in [0.717, 1.165) is 4.90 Å². The summed E-state index contributed by atoms with van der Waals surface area (Å²) >= 11 is 11.8. The number of benzene rings is 1. The highest BCUT2D eigenvalue weighted by molar-refractivity contribution is 6.37. The van der Waals surface area contributed by atoms with Crippen molar-refractivity contribution in [3.63, 3.8) is 0 Å². The molecule has 1 aromatic carbocycles. The maximum Gasteiger partial charge on any atom is 0.323 e. The van der Waals surface area contributed by atoms with E-state index >= 15 is 0 Å². The molecule has 0 saturated carbocycles. The van der Waals surface area contributed by atoms with Crippen molar-refractivity contribution in [2.45, 2.75) is 0 Å². The SMILES string of the molecule is CN(CC(=O)O)C(=O)/C=C/c1c(Cl)cccc1Cl. The van der Waals surface area contributed by atoms with E-state index in [1.54, 1.807) is 18.2 Å². The molecular weight excluding hydrogens is 277 g/mol. The number of hydrogen-bond acceptors (Lipinski definition) is 2. The average molecular weight is 288 g/mol. The molecule has 4 nitrogen and oxygen atoms in total. The van der Waals surface area contributed by atoms with E-state index in [1.165, 1.54) is 19.2 Å². The second kappa shape index (κ2) is 6.42. The van der Waals surface area contributed by atoms with Crippen LogP contribution in [0.4, 0.5) is 0 Å². The van der Waals surface area contributed by atoms with Crippen molar-refractivity contribution >= 4 is 41.2 Å². The van der Waals surface area contributed by atoms with Gasteiger partial charge in [0.15, 0.2) is 0 Å². The van der Waals surface area contributed by atoms with E-state index in [9.17, 15) is 9.59 Å². The van der Waals surface area contributed by atoms with Crippen molar-refractivity contribution in [3.8, 4) is 0 Å². The summed E-state index contributed by atoms with van der Waals surface area (Å²) in [5.41, 5.74) is 0.526. The van der Waals surface area contributed by atoms with Gasteiger partial charge < -0.3 is 10.0 Å². The number of aliphatic carboxylic acids is 1. The van der Waals surface area contributed by atoms with Gasteiger partial charge in [-0.25, -0.2) is 0 Å². The Bertz CT molecular complexity index is 480. The molecule has 0 aliphatic rings. The van der Waals surface area contributed by atoms with Gasteiger partial charge in [-0.15, -0.1) is 0 Å². The predicted octanol–water partition coefficient (Wildman–Crippen LogP) is 2.55. The summed E-state index contributed by atoms with van der Waals surface area (Å²) in [5.74, 6) is -1.51. The molecule has 6 heteroatoms. The van der Waals surface area contributed by atoms with Gasteiger partial charge in [0.05, 0.1) is 0 Å². The van der Waals surface area contributed by atoms with Crippen LogP contribution in [-0.4, -0.2) is 35.5 Å². The number of halogens is 2. The maximum atomic E-state index is 11.6. The van der Waals surface area contributed by atoms with E-state index in [4.69, 9.17) is 28.3 Å². The van der Waals surface area contributed by atoms with Crippen LogP contribution in [0.3, 0.4) is 0 Å². The fourth-order valence-electron chi connectivity index (χ4n) is 1.23. The Morgan fingerprint density at radius 1 is 1.33 bits per heavy atom. The number of amides is 1. The number of rotatable bonds is 4. The molecule has 1 rings (SSSR count). The lowest BCUT2D eigenvalue weighted by atomic mass is 10.2. The summed E-state index contributed by atoms with van der Waals surface area (Å²) in [6.07, 6.45) is 2.70. The zero-order valence-corrected chi connectivity index (χ0v) is 11.1. The number of carbonyl (C=O) groups is 2. The van der Waals surface area contributed by atoms with E-state index in [1.807, 2.05) is 0 Å². The van der Waals surface area contributed by atoms with Crippen LogP contribution >= 0.6 is 23.2 Å². The predicted molar refractivity (Wildman–Crippen MR) is 70.8 cm³/mol. The molecule has 96 valence electrons. The summed E-state index contributed by atoms with van der Waals surface area (Å²) in [6, 6.07) is 5.00. The van der Waals surface area contributed by atoms with Crippen molar-refractivity contribution in [3.05, 3.63) is 39.9 Å². The van der Waals surface area contributed by atoms with Gasteiger partial charge in [-0.3, -0.25) is 9.59 Å². The Balaban J connectivity index is 2.81. The number of carbonyl (C=O) groups excluding carboxylic acids is 1. The van der Waals surface area contributed by atoms with Crippen LogP contribution in [0.15, 0.2) is 24.3 Å². The first-order chi connectivity index (χ1) is 8.41. The lowest BCUT2D eigenvalue weighted by Gasteiger charge is -2.11. The first-order valence-electron chi connectivity index (χ1n) is 5.01. The quantitative estimate of drug-likeness (QED) is 0.866. The summed E-state index contributed by atoms with van der Waals surface area (Å²) in [6.45, 7) is -0.362. The minimum atomic E-state index is -1.07. The van der Waals surface area contributed by atoms with Crippen LogP contribution in [0.5, 0.6) is 0 Å². The normalized spacial score (nSPS) is 10.6. The van der Waals surface area contributed by atoms with Crippen LogP contribution in [0, 0.1) is 0 Å². The van der Waals surface area contributed by atoms with Crippen molar-refractivity contribution in [2.75, 3.05) is 13.6 Å². The smallest absolute Gasteiger partial charge is 0.323 e. The van der Waals surface area contributed by atoms with Gasteiger partial charge in [-0.1, -0.05) is 29.3 Å². The lowest BCUT2D eigenvalue weighted by Crippen LogP contribution is -2.30. The first-order valence-corrected chi connectivity index (χ1v) is 5.76. The summed E-state index contributed by atoms with van der Waals surface area (Å²) in [5, 5.41) is 9.39. The van der Waals surface area contributed by atoms with E-state index in [-0.39, 0.29) is 6.54 Å². The number of nitrogens with zero attached hydrogens (tertiary/aromatic N) is 1. The maximum absolute atomic E-state index is 11.6. The third kappa shape index (κ3) is 4.05. The van der Waals surface area contributed by atoms with E-state index < -0.39 is 11.9 Å². The summed E-state index contributed by atoms with van der Waals surface area (Å²) in [7, 11) is 1.40. The molecule has 0 saturated heterocycles. The van der Waals surface area contributed by atoms with Gasteiger partial charge in [0.2, 0.25) is 5.91 Å². The third-order valence-electron chi connectivity index (χ3n) is 2.14. The van der Waals surface area contributed by atoms with Crippen LogP contribution in [0.2, 0.25) is 10.0 Å². The largest absolute Gasteiger partial charge is 0.480 e. The second-order valence-corrected chi connectivity index (χ2v) is 4.37. The first kappa shape index (κ1) is 14.5. The van der Waals surface area contributed by atoms with Gasteiger partial charge in [0.1, 0.15) is 6.54 Å². The lowest BCUT2D eigenvalue weighted by molar-refractivity contribution is -0.141. The standard InChI is InChI=1S/C12H11Cl2NO3/c1-15(7-12(17)18)11(16)6-5-8-9(13)3-2-4-10(8)14/h2-6H,7H2,1H3,(H,17,18)/b6-5+. The van der Waals surface area contributed by atoms with Crippen LogP contribution in [0.25, 0.3) is 6.08 Å². The zero-order valence-electron chi connectivity index (χ0n) is 9.56. The molecule has 0 bridgehead atoms. The molecule has 0 spiro atoms. The number of carboxylic acids is 1. The van der Waals surface area contributed by atoms with Crippen LogP contribution in [-0.2, 0) is 9.59 Å². The minimum absolute atomic E-state index is 0.362.